The van der Waals surface area contributed by atoms with Crippen LogP contribution in [0.25, 0.3) is 0 Å². The molecule has 0 saturated carbocycles. The van der Waals surface area contributed by atoms with Crippen molar-refractivity contribution in [3.8, 4) is 0 Å². The molecule has 0 aliphatic carbocycles. The van der Waals surface area contributed by atoms with Gasteiger partial charge in [0.15, 0.2) is 0 Å². The number of halogens is 2. The van der Waals surface area contributed by atoms with E-state index in [9.17, 15) is 0 Å². The molecule has 1 aromatic carbocycles. The van der Waals surface area contributed by atoms with Crippen LogP contribution >= 0.6 is 23.2 Å². The molecule has 106 valence electrons. The van der Waals surface area contributed by atoms with Gasteiger partial charge in [0.2, 0.25) is 17.2 Å². The number of benzene rings is 1. The summed E-state index contributed by atoms with van der Waals surface area (Å²) in [4.78, 5) is 12.3. The number of nitrogens with one attached hydrogen (secondary N) is 2. The Balaban J connectivity index is 2.03. The Hall–Kier alpha value is -1.59. The lowest BCUT2D eigenvalue weighted by molar-refractivity contribution is 0.932. The highest BCUT2D eigenvalue weighted by molar-refractivity contribution is 6.30. The molecule has 0 aliphatic rings. The summed E-state index contributed by atoms with van der Waals surface area (Å²) in [5.74, 6) is 0.907. The summed E-state index contributed by atoms with van der Waals surface area (Å²) in [7, 11) is 0. The molecule has 0 amide bonds. The maximum absolute atomic E-state index is 5.93. The van der Waals surface area contributed by atoms with Gasteiger partial charge in [-0.1, -0.05) is 30.7 Å². The normalized spacial score (nSPS) is 10.3. The molecule has 0 aliphatic heterocycles. The van der Waals surface area contributed by atoms with Gasteiger partial charge in [0.05, 0.1) is 0 Å². The van der Waals surface area contributed by atoms with Crippen LogP contribution in [0.3, 0.4) is 0 Å². The Kier molecular flexibility index (Phi) is 5.38. The minimum atomic E-state index is 0.159. The Morgan fingerprint density at radius 1 is 1.05 bits per heavy atom. The standard InChI is InChI=1S/C13H15Cl2N5/c1-2-6-16-12-18-11(15)19-13(20-12)17-8-9-4-3-5-10(14)7-9/h3-5,7H,2,6,8H2,1H3,(H2,16,17,18,19,20). The van der Waals surface area contributed by atoms with Gasteiger partial charge in [0.25, 0.3) is 0 Å². The molecule has 1 heterocycles. The molecule has 1 aromatic heterocycles. The Labute approximate surface area is 127 Å². The monoisotopic (exact) mass is 311 g/mol. The van der Waals surface area contributed by atoms with Gasteiger partial charge in [-0.15, -0.1) is 0 Å². The van der Waals surface area contributed by atoms with Crippen molar-refractivity contribution in [2.24, 2.45) is 0 Å². The third-order valence-corrected chi connectivity index (χ3v) is 2.89. The summed E-state index contributed by atoms with van der Waals surface area (Å²) >= 11 is 11.8. The molecule has 5 nitrogen and oxygen atoms in total. The minimum Gasteiger partial charge on any atom is -0.354 e. The second-order valence-electron chi connectivity index (χ2n) is 4.16. The Bertz CT molecular complexity index is 576. The molecular weight excluding hydrogens is 297 g/mol. The van der Waals surface area contributed by atoms with Gasteiger partial charge in [0, 0.05) is 18.1 Å². The average molecular weight is 312 g/mol. The van der Waals surface area contributed by atoms with Crippen LogP contribution in [0.2, 0.25) is 10.3 Å². The van der Waals surface area contributed by atoms with Gasteiger partial charge < -0.3 is 10.6 Å². The third kappa shape index (κ3) is 4.51. The summed E-state index contributed by atoms with van der Waals surface area (Å²) in [5, 5.41) is 7.03. The fourth-order valence-corrected chi connectivity index (χ4v) is 1.95. The predicted octanol–water partition coefficient (Wildman–Crippen LogP) is 3.61. The van der Waals surface area contributed by atoms with E-state index in [0.29, 0.717) is 23.5 Å². The van der Waals surface area contributed by atoms with Gasteiger partial charge in [-0.3, -0.25) is 0 Å². The number of anilines is 2. The maximum atomic E-state index is 5.93. The van der Waals surface area contributed by atoms with Crippen LogP contribution in [0.15, 0.2) is 24.3 Å². The highest BCUT2D eigenvalue weighted by Crippen LogP contribution is 2.13. The SMILES string of the molecule is CCCNc1nc(Cl)nc(NCc2cccc(Cl)c2)n1. The first kappa shape index (κ1) is 14.8. The lowest BCUT2D eigenvalue weighted by Crippen LogP contribution is -2.09. The molecule has 0 bridgehead atoms. The molecule has 0 spiro atoms. The van der Waals surface area contributed by atoms with Crippen LogP contribution in [-0.4, -0.2) is 21.5 Å². The zero-order chi connectivity index (χ0) is 14.4. The predicted molar refractivity (Wildman–Crippen MR) is 82.4 cm³/mol. The Morgan fingerprint density at radius 3 is 2.50 bits per heavy atom. The molecule has 0 atom stereocenters. The van der Waals surface area contributed by atoms with Crippen molar-refractivity contribution in [2.45, 2.75) is 19.9 Å². The van der Waals surface area contributed by atoms with E-state index >= 15 is 0 Å². The lowest BCUT2D eigenvalue weighted by atomic mass is 10.2. The summed E-state index contributed by atoms with van der Waals surface area (Å²) in [6.45, 7) is 3.41. The van der Waals surface area contributed by atoms with Crippen LogP contribution in [0.4, 0.5) is 11.9 Å². The molecule has 0 fully saturated rings. The fraction of sp³-hybridized carbons (Fsp3) is 0.308. The average Bonchev–Trinajstić information content (AvgIpc) is 2.42. The van der Waals surface area contributed by atoms with Crippen molar-refractivity contribution >= 4 is 35.1 Å². The van der Waals surface area contributed by atoms with Gasteiger partial charge in [0.1, 0.15) is 0 Å². The second-order valence-corrected chi connectivity index (χ2v) is 4.94. The molecule has 2 rings (SSSR count). The van der Waals surface area contributed by atoms with E-state index in [1.165, 1.54) is 0 Å². The first-order valence-electron chi connectivity index (χ1n) is 6.31. The van der Waals surface area contributed by atoms with Crippen molar-refractivity contribution in [1.29, 1.82) is 0 Å². The molecule has 2 aromatic rings. The molecular formula is C13H15Cl2N5. The number of hydrogen-bond donors (Lipinski definition) is 2. The number of hydrogen-bond acceptors (Lipinski definition) is 5. The lowest BCUT2D eigenvalue weighted by Gasteiger charge is -2.08. The fourth-order valence-electron chi connectivity index (χ4n) is 1.57. The van der Waals surface area contributed by atoms with Gasteiger partial charge in [-0.25, -0.2) is 0 Å². The molecule has 0 radical (unpaired) electrons. The summed E-state index contributed by atoms with van der Waals surface area (Å²) in [6, 6.07) is 7.58. The first-order chi connectivity index (χ1) is 9.67. The Morgan fingerprint density at radius 2 is 1.80 bits per heavy atom. The summed E-state index contributed by atoms with van der Waals surface area (Å²) in [6.07, 6.45) is 0.981. The smallest absolute Gasteiger partial charge is 0.229 e. The van der Waals surface area contributed by atoms with Crippen molar-refractivity contribution in [3.63, 3.8) is 0 Å². The van der Waals surface area contributed by atoms with Gasteiger partial charge in [-0.05, 0) is 35.7 Å². The van der Waals surface area contributed by atoms with E-state index in [4.69, 9.17) is 23.2 Å². The maximum Gasteiger partial charge on any atom is 0.229 e. The summed E-state index contributed by atoms with van der Waals surface area (Å²) < 4.78 is 0. The minimum absolute atomic E-state index is 0.159. The molecule has 0 unspecified atom stereocenters. The zero-order valence-corrected chi connectivity index (χ0v) is 12.5. The number of nitrogens with zero attached hydrogens (tertiary/aromatic N) is 3. The summed E-state index contributed by atoms with van der Waals surface area (Å²) in [5.41, 5.74) is 1.04. The van der Waals surface area contributed by atoms with E-state index in [1.54, 1.807) is 0 Å². The van der Waals surface area contributed by atoms with Crippen LogP contribution in [-0.2, 0) is 6.54 Å². The van der Waals surface area contributed by atoms with E-state index < -0.39 is 0 Å². The molecule has 2 N–H and O–H groups in total. The molecule has 0 saturated heterocycles. The van der Waals surface area contributed by atoms with Crippen LogP contribution in [0, 0.1) is 0 Å². The van der Waals surface area contributed by atoms with Crippen molar-refractivity contribution < 1.29 is 0 Å². The topological polar surface area (TPSA) is 62.7 Å². The van der Waals surface area contributed by atoms with Crippen LogP contribution < -0.4 is 10.6 Å². The van der Waals surface area contributed by atoms with Crippen molar-refractivity contribution in [3.05, 3.63) is 40.1 Å². The highest BCUT2D eigenvalue weighted by Gasteiger charge is 2.04. The quantitative estimate of drug-likeness (QED) is 0.853. The van der Waals surface area contributed by atoms with Crippen molar-refractivity contribution in [1.82, 2.24) is 15.0 Å². The highest BCUT2D eigenvalue weighted by atomic mass is 35.5. The molecule has 20 heavy (non-hydrogen) atoms. The van der Waals surface area contributed by atoms with Gasteiger partial charge in [-0.2, -0.15) is 15.0 Å². The van der Waals surface area contributed by atoms with Crippen molar-refractivity contribution in [2.75, 3.05) is 17.2 Å². The van der Waals surface area contributed by atoms with Crippen LogP contribution in [0.5, 0.6) is 0 Å². The number of aromatic nitrogens is 3. The zero-order valence-electron chi connectivity index (χ0n) is 11.0. The van der Waals surface area contributed by atoms with E-state index in [-0.39, 0.29) is 5.28 Å². The van der Waals surface area contributed by atoms with E-state index in [0.717, 1.165) is 18.5 Å². The van der Waals surface area contributed by atoms with Crippen LogP contribution in [0.1, 0.15) is 18.9 Å². The first-order valence-corrected chi connectivity index (χ1v) is 7.06. The molecule has 7 heteroatoms. The largest absolute Gasteiger partial charge is 0.354 e. The number of rotatable bonds is 6. The second kappa shape index (κ2) is 7.26. The van der Waals surface area contributed by atoms with Gasteiger partial charge >= 0.3 is 0 Å². The third-order valence-electron chi connectivity index (χ3n) is 2.48. The van der Waals surface area contributed by atoms with E-state index in [2.05, 4.69) is 32.5 Å². The van der Waals surface area contributed by atoms with E-state index in [1.807, 2.05) is 24.3 Å².